The predicted octanol–water partition coefficient (Wildman–Crippen LogP) is 5.23. The standard InChI is InChI=1S/C24H29NO7S/c1-14(2)31-20-10-9-17(33-20)12-16(4)22(27)21-18(26)13-19(32-23(21)28)15(3)8-6-7-11-25-24(29)30-5/h7,9-15,26H,6,8H2,1-5H3,(H,25,29)/b11-7+,16-12?. The van der Waals surface area contributed by atoms with E-state index >= 15 is 0 Å². The van der Waals surface area contributed by atoms with Crippen LogP contribution in [0.15, 0.2) is 45.3 Å². The third-order valence-electron chi connectivity index (χ3n) is 4.60. The van der Waals surface area contributed by atoms with Crippen LogP contribution >= 0.6 is 11.3 Å². The number of hydrogen-bond donors (Lipinski definition) is 2. The zero-order valence-corrected chi connectivity index (χ0v) is 20.2. The van der Waals surface area contributed by atoms with Crippen molar-refractivity contribution in [3.05, 3.63) is 62.7 Å². The first-order valence-corrected chi connectivity index (χ1v) is 11.3. The van der Waals surface area contributed by atoms with Crippen molar-refractivity contribution in [1.29, 1.82) is 0 Å². The number of aromatic hydroxyl groups is 1. The third kappa shape index (κ3) is 7.64. The summed E-state index contributed by atoms with van der Waals surface area (Å²) in [4.78, 5) is 37.1. The lowest BCUT2D eigenvalue weighted by Crippen LogP contribution is -2.16. The lowest BCUT2D eigenvalue weighted by atomic mass is 10.00. The average Bonchev–Trinajstić information content (AvgIpc) is 3.18. The predicted molar refractivity (Wildman–Crippen MR) is 127 cm³/mol. The highest BCUT2D eigenvalue weighted by Gasteiger charge is 2.22. The van der Waals surface area contributed by atoms with Gasteiger partial charge in [-0.05, 0) is 57.4 Å². The molecule has 0 fully saturated rings. The van der Waals surface area contributed by atoms with Crippen molar-refractivity contribution < 1.29 is 28.6 Å². The Hall–Kier alpha value is -3.33. The number of allylic oxidation sites excluding steroid dienone is 2. The van der Waals surface area contributed by atoms with Crippen molar-refractivity contribution in [3.63, 3.8) is 0 Å². The summed E-state index contributed by atoms with van der Waals surface area (Å²) in [5.74, 6) is -0.933. The van der Waals surface area contributed by atoms with Gasteiger partial charge in [-0.25, -0.2) is 9.59 Å². The van der Waals surface area contributed by atoms with E-state index in [0.717, 1.165) is 9.94 Å². The van der Waals surface area contributed by atoms with E-state index < -0.39 is 28.8 Å². The topological polar surface area (TPSA) is 115 Å². The molecule has 33 heavy (non-hydrogen) atoms. The van der Waals surface area contributed by atoms with Gasteiger partial charge in [0.15, 0.2) is 10.8 Å². The molecular weight excluding hydrogens is 446 g/mol. The van der Waals surface area contributed by atoms with Crippen LogP contribution in [0.1, 0.15) is 67.4 Å². The minimum Gasteiger partial charge on any atom is -0.507 e. The zero-order valence-electron chi connectivity index (χ0n) is 19.3. The number of carbonyl (C=O) groups excluding carboxylic acids is 2. The molecule has 0 spiro atoms. The van der Waals surface area contributed by atoms with Gasteiger partial charge in [0.05, 0.1) is 13.2 Å². The van der Waals surface area contributed by atoms with Crippen LogP contribution < -0.4 is 15.7 Å². The number of methoxy groups -OCH3 is 1. The quantitative estimate of drug-likeness (QED) is 0.357. The molecule has 2 aromatic heterocycles. The monoisotopic (exact) mass is 475 g/mol. The number of hydrogen-bond acceptors (Lipinski definition) is 8. The Morgan fingerprint density at radius 1 is 1.27 bits per heavy atom. The van der Waals surface area contributed by atoms with Crippen molar-refractivity contribution in [1.82, 2.24) is 5.32 Å². The first-order valence-electron chi connectivity index (χ1n) is 10.5. The van der Waals surface area contributed by atoms with Gasteiger partial charge in [-0.15, -0.1) is 0 Å². The summed E-state index contributed by atoms with van der Waals surface area (Å²) in [6.07, 6.45) is 5.49. The molecule has 9 heteroatoms. The Kier molecular flexibility index (Phi) is 9.47. The SMILES string of the molecule is COC(=O)N/C=C/CCC(C)c1cc(O)c(C(=O)C(C)=Cc2ccc(OC(C)C)s2)c(=O)o1. The van der Waals surface area contributed by atoms with Crippen LogP contribution in [0.2, 0.25) is 0 Å². The Labute approximate surface area is 196 Å². The minimum atomic E-state index is -0.882. The normalized spacial score (nSPS) is 12.7. The molecule has 2 N–H and O–H groups in total. The zero-order chi connectivity index (χ0) is 24.5. The molecule has 8 nitrogen and oxygen atoms in total. The Bertz CT molecular complexity index is 1090. The maximum atomic E-state index is 12.8. The second kappa shape index (κ2) is 12.1. The van der Waals surface area contributed by atoms with Crippen molar-refractivity contribution in [3.8, 4) is 10.8 Å². The van der Waals surface area contributed by atoms with Crippen molar-refractivity contribution in [2.75, 3.05) is 7.11 Å². The molecule has 2 heterocycles. The van der Waals surface area contributed by atoms with Crippen LogP contribution in [0.3, 0.4) is 0 Å². The number of Topliss-reactive ketones (excluding diaryl/α,β-unsaturated/α-hetero) is 1. The van der Waals surface area contributed by atoms with Crippen LogP contribution in [0.5, 0.6) is 10.8 Å². The molecule has 1 unspecified atom stereocenters. The van der Waals surface area contributed by atoms with E-state index in [0.29, 0.717) is 18.4 Å². The van der Waals surface area contributed by atoms with Crippen molar-refractivity contribution in [2.45, 2.75) is 52.6 Å². The van der Waals surface area contributed by atoms with E-state index in [1.165, 1.54) is 30.7 Å². The van der Waals surface area contributed by atoms with Gasteiger partial charge in [-0.1, -0.05) is 24.3 Å². The summed E-state index contributed by atoms with van der Waals surface area (Å²) < 4.78 is 15.4. The van der Waals surface area contributed by atoms with Gasteiger partial charge in [0.2, 0.25) is 0 Å². The second-order valence-electron chi connectivity index (χ2n) is 7.69. The molecule has 0 saturated carbocycles. The van der Waals surface area contributed by atoms with Crippen molar-refractivity contribution >= 4 is 29.3 Å². The largest absolute Gasteiger partial charge is 0.507 e. The molecule has 0 aliphatic rings. The van der Waals surface area contributed by atoms with E-state index in [9.17, 15) is 19.5 Å². The fourth-order valence-electron chi connectivity index (χ4n) is 2.89. The van der Waals surface area contributed by atoms with Gasteiger partial charge < -0.3 is 19.0 Å². The summed E-state index contributed by atoms with van der Waals surface area (Å²) in [7, 11) is 1.27. The minimum absolute atomic E-state index is 0.0400. The first-order chi connectivity index (χ1) is 15.6. The summed E-state index contributed by atoms with van der Waals surface area (Å²) in [5, 5.41) is 13.6. The molecule has 0 bridgehead atoms. The number of nitrogens with one attached hydrogen (secondary N) is 1. The lowest BCUT2D eigenvalue weighted by Gasteiger charge is -2.11. The molecule has 2 rings (SSSR count). The number of ether oxygens (including phenoxy) is 2. The Morgan fingerprint density at radius 2 is 2.00 bits per heavy atom. The number of alkyl carbamates (subject to hydrolysis) is 1. The highest BCUT2D eigenvalue weighted by atomic mass is 32.1. The number of amides is 1. The molecular formula is C24H29NO7S. The smallest absolute Gasteiger partial charge is 0.410 e. The molecule has 178 valence electrons. The first kappa shape index (κ1) is 25.9. The molecule has 0 aromatic carbocycles. The van der Waals surface area contributed by atoms with E-state index in [2.05, 4.69) is 10.1 Å². The maximum Gasteiger partial charge on any atom is 0.410 e. The number of carbonyl (C=O) groups is 2. The summed E-state index contributed by atoms with van der Waals surface area (Å²) in [6.45, 7) is 7.26. The van der Waals surface area contributed by atoms with Gasteiger partial charge in [0.25, 0.3) is 0 Å². The molecule has 2 aromatic rings. The van der Waals surface area contributed by atoms with E-state index in [1.807, 2.05) is 32.9 Å². The third-order valence-corrected chi connectivity index (χ3v) is 5.53. The molecule has 0 saturated heterocycles. The summed E-state index contributed by atoms with van der Waals surface area (Å²) >= 11 is 1.38. The van der Waals surface area contributed by atoms with Crippen LogP contribution in [0.4, 0.5) is 4.79 Å². The van der Waals surface area contributed by atoms with E-state index in [1.54, 1.807) is 19.1 Å². The number of ketones is 1. The summed E-state index contributed by atoms with van der Waals surface area (Å²) in [5.41, 5.74) is -0.982. The fourth-order valence-corrected chi connectivity index (χ4v) is 3.87. The van der Waals surface area contributed by atoms with E-state index in [-0.39, 0.29) is 17.8 Å². The number of rotatable bonds is 10. The highest BCUT2D eigenvalue weighted by Crippen LogP contribution is 2.29. The molecule has 0 radical (unpaired) electrons. The summed E-state index contributed by atoms with van der Waals surface area (Å²) in [6, 6.07) is 4.95. The van der Waals surface area contributed by atoms with E-state index in [4.69, 9.17) is 9.15 Å². The van der Waals surface area contributed by atoms with Gasteiger partial charge in [-0.3, -0.25) is 10.1 Å². The van der Waals surface area contributed by atoms with Crippen molar-refractivity contribution in [2.24, 2.45) is 0 Å². The molecule has 1 atom stereocenters. The lowest BCUT2D eigenvalue weighted by molar-refractivity contribution is 0.102. The van der Waals surface area contributed by atoms with Gasteiger partial charge in [-0.2, -0.15) is 0 Å². The van der Waals surface area contributed by atoms with Crippen LogP contribution in [0, 0.1) is 0 Å². The Balaban J connectivity index is 2.10. The molecule has 1 amide bonds. The highest BCUT2D eigenvalue weighted by molar-refractivity contribution is 7.14. The fraction of sp³-hybridized carbons (Fsp3) is 0.375. The van der Waals surface area contributed by atoms with Crippen LogP contribution in [0.25, 0.3) is 6.08 Å². The van der Waals surface area contributed by atoms with Crippen LogP contribution in [-0.2, 0) is 4.74 Å². The second-order valence-corrected chi connectivity index (χ2v) is 8.77. The Morgan fingerprint density at radius 3 is 2.64 bits per heavy atom. The average molecular weight is 476 g/mol. The number of thiophene rings is 1. The molecule has 0 aliphatic heterocycles. The maximum absolute atomic E-state index is 12.8. The molecule has 0 aliphatic carbocycles. The van der Waals surface area contributed by atoms with Crippen LogP contribution in [-0.4, -0.2) is 30.2 Å². The van der Waals surface area contributed by atoms with Gasteiger partial charge in [0.1, 0.15) is 17.1 Å². The van der Waals surface area contributed by atoms with Gasteiger partial charge >= 0.3 is 11.7 Å². The van der Waals surface area contributed by atoms with Gasteiger partial charge in [0, 0.05) is 23.1 Å².